The third-order valence-corrected chi connectivity index (χ3v) is 3.68. The number of nitrogens with one attached hydrogen (secondary N) is 1. The Morgan fingerprint density at radius 2 is 1.95 bits per heavy atom. The summed E-state index contributed by atoms with van der Waals surface area (Å²) in [6.45, 7) is 1.08. The van der Waals surface area contributed by atoms with Gasteiger partial charge in [0.25, 0.3) is 0 Å². The summed E-state index contributed by atoms with van der Waals surface area (Å²) in [7, 11) is 0. The summed E-state index contributed by atoms with van der Waals surface area (Å²) < 4.78 is 5.79. The van der Waals surface area contributed by atoms with E-state index in [2.05, 4.69) is 34.6 Å². The number of hydrogen-bond acceptors (Lipinski definition) is 3. The molecular formula is C17H22N2O. The van der Waals surface area contributed by atoms with E-state index >= 15 is 0 Å². The van der Waals surface area contributed by atoms with Gasteiger partial charge >= 0.3 is 0 Å². The first-order valence-electron chi connectivity index (χ1n) is 7.61. The highest BCUT2D eigenvalue weighted by Crippen LogP contribution is 2.18. The Kier molecular flexibility index (Phi) is 4.49. The van der Waals surface area contributed by atoms with Crippen molar-refractivity contribution >= 4 is 0 Å². The minimum absolute atomic E-state index is 0.793. The molecule has 1 fully saturated rings. The summed E-state index contributed by atoms with van der Waals surface area (Å²) in [5.74, 6) is 1.88. The molecule has 0 radical (unpaired) electrons. The molecule has 1 saturated carbocycles. The lowest BCUT2D eigenvalue weighted by Crippen LogP contribution is -2.17. The highest BCUT2D eigenvalue weighted by molar-refractivity contribution is 5.15. The average Bonchev–Trinajstić information content (AvgIpc) is 3.21. The predicted octanol–water partition coefficient (Wildman–Crippen LogP) is 3.14. The lowest BCUT2D eigenvalue weighted by atomic mass is 10.1. The van der Waals surface area contributed by atoms with Crippen LogP contribution in [0.25, 0.3) is 0 Å². The molecule has 3 nitrogen and oxygen atoms in total. The standard InChI is InChI=1S/C17H22N2O/c1-2-5-14(6-3-1)8-11-16-13-19-17(20-16)7-4-12-18-15-9-10-15/h1-3,5-6,13,15,18H,4,7-12H2. The molecule has 1 heterocycles. The second kappa shape index (κ2) is 6.71. The minimum Gasteiger partial charge on any atom is -0.446 e. The molecule has 3 rings (SSSR count). The molecule has 1 aliphatic carbocycles. The van der Waals surface area contributed by atoms with E-state index in [1.165, 1.54) is 18.4 Å². The average molecular weight is 270 g/mol. The fraction of sp³-hybridized carbons (Fsp3) is 0.471. The molecule has 0 unspecified atom stereocenters. The van der Waals surface area contributed by atoms with Crippen molar-refractivity contribution in [2.75, 3.05) is 6.54 Å². The lowest BCUT2D eigenvalue weighted by Gasteiger charge is -2.00. The zero-order valence-corrected chi connectivity index (χ0v) is 11.8. The van der Waals surface area contributed by atoms with Crippen molar-refractivity contribution < 1.29 is 4.42 Å². The molecule has 0 saturated heterocycles. The van der Waals surface area contributed by atoms with Gasteiger partial charge in [0.1, 0.15) is 5.76 Å². The van der Waals surface area contributed by atoms with E-state index in [4.69, 9.17) is 4.42 Å². The quantitative estimate of drug-likeness (QED) is 0.749. The first-order valence-corrected chi connectivity index (χ1v) is 7.61. The molecule has 1 aliphatic rings. The smallest absolute Gasteiger partial charge is 0.194 e. The largest absolute Gasteiger partial charge is 0.446 e. The van der Waals surface area contributed by atoms with Crippen molar-refractivity contribution in [3.05, 3.63) is 53.7 Å². The van der Waals surface area contributed by atoms with E-state index in [-0.39, 0.29) is 0 Å². The van der Waals surface area contributed by atoms with Gasteiger partial charge < -0.3 is 9.73 Å². The minimum atomic E-state index is 0.793. The van der Waals surface area contributed by atoms with Crippen LogP contribution < -0.4 is 5.32 Å². The van der Waals surface area contributed by atoms with Crippen LogP contribution in [0.5, 0.6) is 0 Å². The number of aromatic nitrogens is 1. The van der Waals surface area contributed by atoms with E-state index in [0.717, 1.165) is 49.9 Å². The van der Waals surface area contributed by atoms with Crippen LogP contribution in [0, 0.1) is 0 Å². The highest BCUT2D eigenvalue weighted by Gasteiger charge is 2.19. The fourth-order valence-corrected chi connectivity index (χ4v) is 2.32. The van der Waals surface area contributed by atoms with Gasteiger partial charge in [-0.25, -0.2) is 4.98 Å². The van der Waals surface area contributed by atoms with Crippen molar-refractivity contribution in [3.63, 3.8) is 0 Å². The Bertz CT molecular complexity index is 517. The summed E-state index contributed by atoms with van der Waals surface area (Å²) in [6, 6.07) is 11.3. The molecule has 0 spiro atoms. The Hall–Kier alpha value is -1.61. The highest BCUT2D eigenvalue weighted by atomic mass is 16.4. The predicted molar refractivity (Wildman–Crippen MR) is 79.7 cm³/mol. The monoisotopic (exact) mass is 270 g/mol. The SMILES string of the molecule is c1ccc(CCc2cnc(CCCNC3CC3)o2)cc1. The van der Waals surface area contributed by atoms with Gasteiger partial charge in [0, 0.05) is 18.9 Å². The number of hydrogen-bond donors (Lipinski definition) is 1. The van der Waals surface area contributed by atoms with Crippen molar-refractivity contribution in [2.45, 2.75) is 44.6 Å². The zero-order valence-electron chi connectivity index (χ0n) is 11.8. The molecule has 1 aromatic heterocycles. The topological polar surface area (TPSA) is 38.1 Å². The molecule has 0 atom stereocenters. The van der Waals surface area contributed by atoms with Crippen molar-refractivity contribution in [2.24, 2.45) is 0 Å². The van der Waals surface area contributed by atoms with Gasteiger partial charge in [0.2, 0.25) is 0 Å². The number of aryl methyl sites for hydroxylation is 3. The van der Waals surface area contributed by atoms with Gasteiger partial charge in [-0.2, -0.15) is 0 Å². The van der Waals surface area contributed by atoms with Crippen LogP contribution >= 0.6 is 0 Å². The van der Waals surface area contributed by atoms with Crippen LogP contribution in [-0.4, -0.2) is 17.6 Å². The Balaban J connectivity index is 1.39. The van der Waals surface area contributed by atoms with Crippen molar-refractivity contribution in [1.82, 2.24) is 10.3 Å². The molecule has 0 amide bonds. The summed E-state index contributed by atoms with van der Waals surface area (Å²) in [6.07, 6.45) is 8.56. The molecule has 2 aromatic rings. The van der Waals surface area contributed by atoms with E-state index in [1.54, 1.807) is 0 Å². The Morgan fingerprint density at radius 3 is 2.75 bits per heavy atom. The summed E-state index contributed by atoms with van der Waals surface area (Å²) in [5, 5.41) is 3.51. The molecule has 20 heavy (non-hydrogen) atoms. The van der Waals surface area contributed by atoms with E-state index in [1.807, 2.05) is 12.3 Å². The Labute approximate surface area is 120 Å². The first-order chi connectivity index (χ1) is 9.90. The van der Waals surface area contributed by atoms with E-state index in [9.17, 15) is 0 Å². The third-order valence-electron chi connectivity index (χ3n) is 3.68. The molecule has 1 N–H and O–H groups in total. The van der Waals surface area contributed by atoms with Crippen LogP contribution in [0.1, 0.15) is 36.5 Å². The normalized spacial score (nSPS) is 14.6. The zero-order chi connectivity index (χ0) is 13.6. The van der Waals surface area contributed by atoms with E-state index in [0.29, 0.717) is 0 Å². The van der Waals surface area contributed by atoms with Crippen LogP contribution in [-0.2, 0) is 19.3 Å². The summed E-state index contributed by atoms with van der Waals surface area (Å²) in [4.78, 5) is 4.37. The number of oxazole rings is 1. The van der Waals surface area contributed by atoms with Crippen molar-refractivity contribution in [1.29, 1.82) is 0 Å². The fourth-order valence-electron chi connectivity index (χ4n) is 2.32. The van der Waals surface area contributed by atoms with Crippen LogP contribution in [0.15, 0.2) is 40.9 Å². The molecule has 1 aromatic carbocycles. The second-order valence-corrected chi connectivity index (χ2v) is 5.54. The molecule has 3 heteroatoms. The summed E-state index contributed by atoms with van der Waals surface area (Å²) in [5.41, 5.74) is 1.35. The molecule has 106 valence electrons. The maximum absolute atomic E-state index is 5.79. The van der Waals surface area contributed by atoms with Gasteiger partial charge in [0.15, 0.2) is 5.89 Å². The van der Waals surface area contributed by atoms with Crippen molar-refractivity contribution in [3.8, 4) is 0 Å². The van der Waals surface area contributed by atoms with Crippen LogP contribution in [0.4, 0.5) is 0 Å². The lowest BCUT2D eigenvalue weighted by molar-refractivity contribution is 0.445. The molecule has 0 aliphatic heterocycles. The second-order valence-electron chi connectivity index (χ2n) is 5.54. The Morgan fingerprint density at radius 1 is 1.10 bits per heavy atom. The number of benzene rings is 1. The van der Waals surface area contributed by atoms with E-state index < -0.39 is 0 Å². The van der Waals surface area contributed by atoms with Crippen LogP contribution in [0.3, 0.4) is 0 Å². The van der Waals surface area contributed by atoms with Gasteiger partial charge in [-0.3, -0.25) is 0 Å². The summed E-state index contributed by atoms with van der Waals surface area (Å²) >= 11 is 0. The number of nitrogens with zero attached hydrogens (tertiary/aromatic N) is 1. The maximum atomic E-state index is 5.79. The van der Waals surface area contributed by atoms with Gasteiger partial charge in [0.05, 0.1) is 6.20 Å². The van der Waals surface area contributed by atoms with Gasteiger partial charge in [-0.1, -0.05) is 30.3 Å². The van der Waals surface area contributed by atoms with Gasteiger partial charge in [-0.05, 0) is 37.8 Å². The maximum Gasteiger partial charge on any atom is 0.194 e. The molecular weight excluding hydrogens is 248 g/mol. The van der Waals surface area contributed by atoms with Crippen LogP contribution in [0.2, 0.25) is 0 Å². The van der Waals surface area contributed by atoms with Gasteiger partial charge in [-0.15, -0.1) is 0 Å². The number of rotatable bonds is 8. The first kappa shape index (κ1) is 13.4. The molecule has 0 bridgehead atoms. The third kappa shape index (κ3) is 4.20.